The summed E-state index contributed by atoms with van der Waals surface area (Å²) in [7, 11) is 0. The van der Waals surface area contributed by atoms with E-state index in [9.17, 15) is 4.39 Å². The number of hydrogen-bond donors (Lipinski definition) is 1. The molecule has 1 rings (SSSR count). The molecular weight excluding hydrogens is 155 g/mol. The first kappa shape index (κ1) is 9.23. The summed E-state index contributed by atoms with van der Waals surface area (Å²) in [4.78, 5) is 2.03. The second-order valence-corrected chi connectivity index (χ2v) is 3.06. The van der Waals surface area contributed by atoms with Crippen molar-refractivity contribution in [3.05, 3.63) is 12.4 Å². The molecule has 0 aromatic rings. The van der Waals surface area contributed by atoms with Crippen molar-refractivity contribution in [1.82, 2.24) is 4.90 Å². The fraction of sp³-hybridized carbons (Fsp3) is 0.667. The Morgan fingerprint density at radius 1 is 1.33 bits per heavy atom. The Morgan fingerprint density at radius 3 is 2.58 bits per heavy atom. The highest BCUT2D eigenvalue weighted by Gasteiger charge is 2.11. The van der Waals surface area contributed by atoms with Gasteiger partial charge in [0.15, 0.2) is 0 Å². The normalized spacial score (nSPS) is 18.6. The van der Waals surface area contributed by atoms with E-state index in [0.717, 1.165) is 13.1 Å². The van der Waals surface area contributed by atoms with Crippen molar-refractivity contribution in [2.75, 3.05) is 13.1 Å². The van der Waals surface area contributed by atoms with Gasteiger partial charge >= 0.3 is 0 Å². The Kier molecular flexibility index (Phi) is 3.77. The van der Waals surface area contributed by atoms with Gasteiger partial charge in [0.2, 0.25) is 0 Å². The summed E-state index contributed by atoms with van der Waals surface area (Å²) >= 11 is 0. The van der Waals surface area contributed by atoms with Crippen molar-refractivity contribution >= 4 is 5.84 Å². The lowest BCUT2D eigenvalue weighted by atomic mass is 10.1. The summed E-state index contributed by atoms with van der Waals surface area (Å²) in [5, 5.41) is 7.59. The van der Waals surface area contributed by atoms with Gasteiger partial charge in [-0.15, -0.1) is 0 Å². The first-order valence-corrected chi connectivity index (χ1v) is 4.42. The summed E-state index contributed by atoms with van der Waals surface area (Å²) in [6, 6.07) is 0. The molecule has 68 valence electrons. The molecule has 0 unspecified atom stereocenters. The van der Waals surface area contributed by atoms with Crippen LogP contribution in [0, 0.1) is 5.41 Å². The van der Waals surface area contributed by atoms with Gasteiger partial charge in [0.05, 0.1) is 12.2 Å². The maximum atomic E-state index is 11.6. The van der Waals surface area contributed by atoms with Gasteiger partial charge in [0.25, 0.3) is 0 Å². The second-order valence-electron chi connectivity index (χ2n) is 3.06. The van der Waals surface area contributed by atoms with Crippen LogP contribution in [-0.2, 0) is 0 Å². The van der Waals surface area contributed by atoms with Crippen LogP contribution in [0.15, 0.2) is 12.4 Å². The lowest BCUT2D eigenvalue weighted by Crippen LogP contribution is -2.34. The van der Waals surface area contributed by atoms with Crippen molar-refractivity contribution in [2.45, 2.75) is 25.7 Å². The second kappa shape index (κ2) is 4.91. The maximum Gasteiger partial charge on any atom is 0.0997 e. The number of halogens is 1. The third-order valence-electron chi connectivity index (χ3n) is 2.14. The van der Waals surface area contributed by atoms with E-state index in [1.54, 1.807) is 0 Å². The molecule has 12 heavy (non-hydrogen) atoms. The molecule has 1 aliphatic heterocycles. The van der Waals surface area contributed by atoms with Crippen molar-refractivity contribution in [2.24, 2.45) is 0 Å². The molecule has 1 saturated heterocycles. The van der Waals surface area contributed by atoms with E-state index in [0.29, 0.717) is 18.6 Å². The maximum absolute atomic E-state index is 11.6. The van der Waals surface area contributed by atoms with Crippen LogP contribution in [0.5, 0.6) is 0 Å². The van der Waals surface area contributed by atoms with Crippen molar-refractivity contribution in [3.63, 3.8) is 0 Å². The predicted molar refractivity (Wildman–Crippen MR) is 48.0 cm³/mol. The third-order valence-corrected chi connectivity index (χ3v) is 2.14. The number of nitrogens with one attached hydrogen (secondary N) is 1. The minimum Gasteiger partial charge on any atom is -0.360 e. The minimum absolute atomic E-state index is 0.427. The molecule has 1 heterocycles. The average Bonchev–Trinajstić information content (AvgIpc) is 2.15. The van der Waals surface area contributed by atoms with E-state index in [2.05, 4.69) is 0 Å². The van der Waals surface area contributed by atoms with E-state index >= 15 is 0 Å². The molecule has 0 radical (unpaired) electrons. The smallest absolute Gasteiger partial charge is 0.0997 e. The van der Waals surface area contributed by atoms with Gasteiger partial charge < -0.3 is 4.90 Å². The van der Waals surface area contributed by atoms with Gasteiger partial charge in [-0.2, -0.15) is 0 Å². The van der Waals surface area contributed by atoms with Crippen LogP contribution in [0.25, 0.3) is 0 Å². The summed E-state index contributed by atoms with van der Waals surface area (Å²) in [6.07, 6.45) is 5.93. The molecule has 0 atom stereocenters. The lowest BCUT2D eigenvalue weighted by Gasteiger charge is -2.28. The number of piperidine rings is 1. The molecule has 0 aromatic heterocycles. The van der Waals surface area contributed by atoms with Crippen molar-refractivity contribution in [3.8, 4) is 0 Å². The fourth-order valence-corrected chi connectivity index (χ4v) is 1.45. The molecule has 2 nitrogen and oxygen atoms in total. The number of likely N-dealkylation sites (tertiary alicyclic amines) is 1. The van der Waals surface area contributed by atoms with E-state index < -0.39 is 0 Å². The van der Waals surface area contributed by atoms with Gasteiger partial charge in [0, 0.05) is 19.5 Å². The highest BCUT2D eigenvalue weighted by atomic mass is 19.1. The highest BCUT2D eigenvalue weighted by molar-refractivity contribution is 5.80. The molecule has 0 aromatic carbocycles. The van der Waals surface area contributed by atoms with Gasteiger partial charge in [-0.05, 0) is 25.3 Å². The summed E-state index contributed by atoms with van der Waals surface area (Å²) in [5.41, 5.74) is 0. The van der Waals surface area contributed by atoms with Crippen LogP contribution >= 0.6 is 0 Å². The SMILES string of the molecule is N=C(C/C=C/F)N1CCCCC1. The van der Waals surface area contributed by atoms with Crippen LogP contribution in [-0.4, -0.2) is 23.8 Å². The van der Waals surface area contributed by atoms with Crippen LogP contribution < -0.4 is 0 Å². The number of rotatable bonds is 2. The Labute approximate surface area is 72.6 Å². The summed E-state index contributed by atoms with van der Waals surface area (Å²) in [6.45, 7) is 1.94. The van der Waals surface area contributed by atoms with Gasteiger partial charge in [0.1, 0.15) is 0 Å². The Hall–Kier alpha value is -0.860. The van der Waals surface area contributed by atoms with Gasteiger partial charge in [-0.3, -0.25) is 5.41 Å². The van der Waals surface area contributed by atoms with E-state index in [4.69, 9.17) is 5.41 Å². The average molecular weight is 170 g/mol. The van der Waals surface area contributed by atoms with E-state index in [1.807, 2.05) is 4.90 Å². The van der Waals surface area contributed by atoms with E-state index in [1.165, 1.54) is 25.3 Å². The molecule has 0 aliphatic carbocycles. The van der Waals surface area contributed by atoms with Crippen molar-refractivity contribution in [1.29, 1.82) is 5.41 Å². The largest absolute Gasteiger partial charge is 0.360 e. The third kappa shape index (κ3) is 2.64. The monoisotopic (exact) mass is 170 g/mol. The van der Waals surface area contributed by atoms with Crippen molar-refractivity contribution < 1.29 is 4.39 Å². The minimum atomic E-state index is 0.427. The first-order chi connectivity index (χ1) is 5.84. The topological polar surface area (TPSA) is 27.1 Å². The molecule has 1 fully saturated rings. The standard InChI is InChI=1S/C9H15FN2/c10-6-4-5-9(11)12-7-2-1-3-8-12/h4,6,11H,1-3,5,7-8H2/b6-4+,11-9?. The number of amidine groups is 1. The zero-order chi connectivity index (χ0) is 8.81. The van der Waals surface area contributed by atoms with Crippen LogP contribution in [0.4, 0.5) is 4.39 Å². The zero-order valence-electron chi connectivity index (χ0n) is 7.22. The molecular formula is C9H15FN2. The number of hydrogen-bond acceptors (Lipinski definition) is 1. The Morgan fingerprint density at radius 2 is 2.00 bits per heavy atom. The Bertz CT molecular complexity index is 171. The first-order valence-electron chi connectivity index (χ1n) is 4.42. The molecule has 0 saturated carbocycles. The van der Waals surface area contributed by atoms with Crippen LogP contribution in [0.2, 0.25) is 0 Å². The fourth-order valence-electron chi connectivity index (χ4n) is 1.45. The Balaban J connectivity index is 2.29. The molecule has 0 spiro atoms. The quantitative estimate of drug-likeness (QED) is 0.499. The van der Waals surface area contributed by atoms with Gasteiger partial charge in [-0.25, -0.2) is 4.39 Å². The van der Waals surface area contributed by atoms with Gasteiger partial charge in [-0.1, -0.05) is 0 Å². The van der Waals surface area contributed by atoms with Crippen LogP contribution in [0.3, 0.4) is 0 Å². The molecule has 3 heteroatoms. The molecule has 0 amide bonds. The molecule has 1 N–H and O–H groups in total. The molecule has 0 bridgehead atoms. The number of nitrogens with zero attached hydrogens (tertiary/aromatic N) is 1. The lowest BCUT2D eigenvalue weighted by molar-refractivity contribution is 0.336. The summed E-state index contributed by atoms with van der Waals surface area (Å²) in [5.74, 6) is 0.545. The van der Waals surface area contributed by atoms with E-state index in [-0.39, 0.29) is 0 Å². The zero-order valence-corrected chi connectivity index (χ0v) is 7.22. The summed E-state index contributed by atoms with van der Waals surface area (Å²) < 4.78 is 11.6. The van der Waals surface area contributed by atoms with Crippen LogP contribution in [0.1, 0.15) is 25.7 Å². The predicted octanol–water partition coefficient (Wildman–Crippen LogP) is 2.32. The molecule has 1 aliphatic rings. The highest BCUT2D eigenvalue weighted by Crippen LogP contribution is 2.10.